The van der Waals surface area contributed by atoms with Gasteiger partial charge in [0, 0.05) is 0 Å². The highest BCUT2D eigenvalue weighted by Crippen LogP contribution is 2.15. The van der Waals surface area contributed by atoms with Gasteiger partial charge in [0.2, 0.25) is 0 Å². The molecule has 3 nitrogen and oxygen atoms in total. The van der Waals surface area contributed by atoms with E-state index in [0.717, 1.165) is 5.56 Å². The molecule has 4 heteroatoms. The summed E-state index contributed by atoms with van der Waals surface area (Å²) in [5.74, 6) is -0.432. The van der Waals surface area contributed by atoms with Crippen LogP contribution in [0.3, 0.4) is 0 Å². The van der Waals surface area contributed by atoms with E-state index in [-0.39, 0.29) is 6.61 Å². The lowest BCUT2D eigenvalue weighted by Gasteiger charge is -2.07. The molecule has 0 aromatic heterocycles. The molecule has 0 saturated carbocycles. The molecular formula is C16H15ClO3. The number of hydrogen-bond donors (Lipinski definition) is 0. The van der Waals surface area contributed by atoms with Gasteiger partial charge in [-0.05, 0) is 17.7 Å². The van der Waals surface area contributed by atoms with Crippen molar-refractivity contribution in [2.45, 2.75) is 6.61 Å². The average molecular weight is 291 g/mol. The minimum Gasteiger partial charge on any atom is -0.460 e. The van der Waals surface area contributed by atoms with E-state index in [2.05, 4.69) is 0 Å². The Hall–Kier alpha value is -1.84. The second-order valence-corrected chi connectivity index (χ2v) is 4.56. The second-order valence-electron chi connectivity index (χ2n) is 4.15. The Morgan fingerprint density at radius 1 is 0.950 bits per heavy atom. The first-order valence-electron chi connectivity index (χ1n) is 6.30. The standard InChI is InChI=1S/C16H15ClO3/c17-15-9-5-4-8-14(15)16(18)20-11-10-19-12-13-6-2-1-3-7-13/h1-9H,10-12H2. The van der Waals surface area contributed by atoms with E-state index < -0.39 is 5.97 Å². The molecule has 0 N–H and O–H groups in total. The van der Waals surface area contributed by atoms with Gasteiger partial charge in [0.05, 0.1) is 23.8 Å². The van der Waals surface area contributed by atoms with Gasteiger partial charge in [-0.2, -0.15) is 0 Å². The van der Waals surface area contributed by atoms with Crippen molar-refractivity contribution in [3.05, 3.63) is 70.7 Å². The largest absolute Gasteiger partial charge is 0.460 e. The Kier molecular flexibility index (Phi) is 5.59. The lowest BCUT2D eigenvalue weighted by Crippen LogP contribution is -2.11. The van der Waals surface area contributed by atoms with Crippen molar-refractivity contribution in [1.29, 1.82) is 0 Å². The van der Waals surface area contributed by atoms with Gasteiger partial charge in [0.15, 0.2) is 0 Å². The molecule has 2 aromatic rings. The van der Waals surface area contributed by atoms with Crippen LogP contribution in [0.2, 0.25) is 5.02 Å². The molecule has 0 saturated heterocycles. The van der Waals surface area contributed by atoms with Gasteiger partial charge < -0.3 is 9.47 Å². The Morgan fingerprint density at radius 2 is 1.65 bits per heavy atom. The average Bonchev–Trinajstić information content (AvgIpc) is 2.48. The fraction of sp³-hybridized carbons (Fsp3) is 0.188. The topological polar surface area (TPSA) is 35.5 Å². The molecular weight excluding hydrogens is 276 g/mol. The molecule has 2 rings (SSSR count). The van der Waals surface area contributed by atoms with Crippen LogP contribution in [0.4, 0.5) is 0 Å². The molecule has 0 bridgehead atoms. The third-order valence-electron chi connectivity index (χ3n) is 2.67. The molecule has 0 fully saturated rings. The van der Waals surface area contributed by atoms with Crippen LogP contribution >= 0.6 is 11.6 Å². The predicted molar refractivity (Wildman–Crippen MR) is 77.8 cm³/mol. The van der Waals surface area contributed by atoms with E-state index in [1.165, 1.54) is 0 Å². The Bertz CT molecular complexity index is 555. The van der Waals surface area contributed by atoms with Crippen molar-refractivity contribution in [3.8, 4) is 0 Å². The number of carbonyl (C=O) groups excluding carboxylic acids is 1. The SMILES string of the molecule is O=C(OCCOCc1ccccc1)c1ccccc1Cl. The Morgan fingerprint density at radius 3 is 2.40 bits per heavy atom. The van der Waals surface area contributed by atoms with Gasteiger partial charge in [-0.3, -0.25) is 0 Å². The van der Waals surface area contributed by atoms with E-state index in [1.807, 2.05) is 30.3 Å². The molecule has 0 amide bonds. The highest BCUT2D eigenvalue weighted by molar-refractivity contribution is 6.33. The number of hydrogen-bond acceptors (Lipinski definition) is 3. The van der Waals surface area contributed by atoms with Crippen molar-refractivity contribution < 1.29 is 14.3 Å². The zero-order chi connectivity index (χ0) is 14.2. The number of rotatable bonds is 6. The predicted octanol–water partition coefficient (Wildman–Crippen LogP) is 3.71. The summed E-state index contributed by atoms with van der Waals surface area (Å²) in [6.45, 7) is 1.06. The fourth-order valence-corrected chi connectivity index (χ4v) is 1.87. The summed E-state index contributed by atoms with van der Waals surface area (Å²) in [7, 11) is 0. The van der Waals surface area contributed by atoms with E-state index in [9.17, 15) is 4.79 Å². The first-order chi connectivity index (χ1) is 9.77. The van der Waals surface area contributed by atoms with Crippen LogP contribution in [0.25, 0.3) is 0 Å². The van der Waals surface area contributed by atoms with Crippen molar-refractivity contribution >= 4 is 17.6 Å². The van der Waals surface area contributed by atoms with Gasteiger partial charge in [-0.15, -0.1) is 0 Å². The smallest absolute Gasteiger partial charge is 0.339 e. The van der Waals surface area contributed by atoms with Gasteiger partial charge in [-0.25, -0.2) is 4.79 Å². The van der Waals surface area contributed by atoms with Crippen molar-refractivity contribution in [2.24, 2.45) is 0 Å². The van der Waals surface area contributed by atoms with Crippen molar-refractivity contribution in [3.63, 3.8) is 0 Å². The molecule has 20 heavy (non-hydrogen) atoms. The summed E-state index contributed by atoms with van der Waals surface area (Å²) < 4.78 is 10.5. The molecule has 0 spiro atoms. The van der Waals surface area contributed by atoms with Crippen LogP contribution in [0.1, 0.15) is 15.9 Å². The molecule has 0 aliphatic rings. The van der Waals surface area contributed by atoms with Crippen LogP contribution in [-0.2, 0) is 16.1 Å². The molecule has 0 aliphatic carbocycles. The maximum absolute atomic E-state index is 11.7. The minimum absolute atomic E-state index is 0.205. The van der Waals surface area contributed by atoms with E-state index >= 15 is 0 Å². The number of halogens is 1. The molecule has 104 valence electrons. The summed E-state index contributed by atoms with van der Waals surface area (Å²) in [4.78, 5) is 11.7. The summed E-state index contributed by atoms with van der Waals surface area (Å²) in [5.41, 5.74) is 1.46. The summed E-state index contributed by atoms with van der Waals surface area (Å²) in [6, 6.07) is 16.6. The van der Waals surface area contributed by atoms with Gasteiger partial charge in [0.25, 0.3) is 0 Å². The van der Waals surface area contributed by atoms with Crippen LogP contribution in [0, 0.1) is 0 Å². The molecule has 0 heterocycles. The number of benzene rings is 2. The number of carbonyl (C=O) groups is 1. The summed E-state index contributed by atoms with van der Waals surface area (Å²) >= 11 is 5.91. The third kappa shape index (κ3) is 4.37. The van der Waals surface area contributed by atoms with Gasteiger partial charge in [-0.1, -0.05) is 54.1 Å². The summed E-state index contributed by atoms with van der Waals surface area (Å²) in [6.07, 6.45) is 0. The lowest BCUT2D eigenvalue weighted by molar-refractivity contribution is 0.0288. The van der Waals surface area contributed by atoms with Crippen molar-refractivity contribution in [2.75, 3.05) is 13.2 Å². The van der Waals surface area contributed by atoms with Crippen LogP contribution in [-0.4, -0.2) is 19.2 Å². The molecule has 0 aliphatic heterocycles. The highest BCUT2D eigenvalue weighted by atomic mass is 35.5. The summed E-state index contributed by atoms with van der Waals surface area (Å²) in [5, 5.41) is 0.391. The molecule has 2 aromatic carbocycles. The quantitative estimate of drug-likeness (QED) is 0.601. The maximum atomic E-state index is 11.7. The molecule has 0 radical (unpaired) electrons. The Balaban J connectivity index is 1.69. The monoisotopic (exact) mass is 290 g/mol. The molecule has 0 atom stereocenters. The van der Waals surface area contributed by atoms with E-state index in [0.29, 0.717) is 23.8 Å². The zero-order valence-electron chi connectivity index (χ0n) is 10.9. The second kappa shape index (κ2) is 7.68. The lowest BCUT2D eigenvalue weighted by atomic mass is 10.2. The number of esters is 1. The molecule has 0 unspecified atom stereocenters. The van der Waals surface area contributed by atoms with Crippen LogP contribution in [0.5, 0.6) is 0 Å². The minimum atomic E-state index is -0.432. The normalized spacial score (nSPS) is 10.2. The third-order valence-corrected chi connectivity index (χ3v) is 3.00. The van der Waals surface area contributed by atoms with Crippen LogP contribution < -0.4 is 0 Å². The maximum Gasteiger partial charge on any atom is 0.339 e. The first kappa shape index (κ1) is 14.6. The number of ether oxygens (including phenoxy) is 2. The van der Waals surface area contributed by atoms with Crippen LogP contribution in [0.15, 0.2) is 54.6 Å². The van der Waals surface area contributed by atoms with Gasteiger partial charge >= 0.3 is 5.97 Å². The van der Waals surface area contributed by atoms with E-state index in [4.69, 9.17) is 21.1 Å². The zero-order valence-corrected chi connectivity index (χ0v) is 11.7. The van der Waals surface area contributed by atoms with Gasteiger partial charge in [0.1, 0.15) is 6.61 Å². The fourth-order valence-electron chi connectivity index (χ4n) is 1.66. The Labute approximate surface area is 123 Å². The van der Waals surface area contributed by atoms with E-state index in [1.54, 1.807) is 24.3 Å². The highest BCUT2D eigenvalue weighted by Gasteiger charge is 2.10. The first-order valence-corrected chi connectivity index (χ1v) is 6.68. The van der Waals surface area contributed by atoms with Crippen molar-refractivity contribution in [1.82, 2.24) is 0 Å².